The molecule has 0 aliphatic rings. The van der Waals surface area contributed by atoms with Crippen molar-refractivity contribution in [1.29, 1.82) is 0 Å². The van der Waals surface area contributed by atoms with E-state index in [1.165, 1.54) is 0 Å². The lowest BCUT2D eigenvalue weighted by molar-refractivity contribution is 1.12. The smallest absolute Gasteiger partial charge is 0.163 e. The van der Waals surface area contributed by atoms with Crippen LogP contribution in [0, 0.1) is 0 Å². The Morgan fingerprint density at radius 1 is 1.10 bits per heavy atom. The molecule has 0 aliphatic carbocycles. The standard InChI is InChI=1S/C15H13ClN4/c1-2-17-13-7-9-19-15(20-13)11-5-6-12(16)10-4-3-8-18-14(10)11/h3-9H,2H2,1H3,(H,17,19,20). The molecule has 0 radical (unpaired) electrons. The molecule has 1 N–H and O–H groups in total. The molecule has 0 fully saturated rings. The second-order valence-corrected chi connectivity index (χ2v) is 4.70. The first kappa shape index (κ1) is 12.8. The van der Waals surface area contributed by atoms with Crippen molar-refractivity contribution in [3.63, 3.8) is 0 Å². The van der Waals surface area contributed by atoms with Crippen molar-refractivity contribution < 1.29 is 0 Å². The number of hydrogen-bond donors (Lipinski definition) is 1. The van der Waals surface area contributed by atoms with Crippen molar-refractivity contribution in [1.82, 2.24) is 15.0 Å². The molecule has 2 heterocycles. The van der Waals surface area contributed by atoms with Crippen molar-refractivity contribution in [3.05, 3.63) is 47.7 Å². The van der Waals surface area contributed by atoms with Crippen molar-refractivity contribution in [2.75, 3.05) is 11.9 Å². The number of fused-ring (bicyclic) bond motifs is 1. The van der Waals surface area contributed by atoms with Gasteiger partial charge in [-0.2, -0.15) is 0 Å². The molecule has 5 heteroatoms. The van der Waals surface area contributed by atoms with Gasteiger partial charge in [0.15, 0.2) is 5.82 Å². The molecule has 0 aliphatic heterocycles. The molecule has 0 amide bonds. The van der Waals surface area contributed by atoms with Crippen molar-refractivity contribution in [3.8, 4) is 11.4 Å². The topological polar surface area (TPSA) is 50.7 Å². The zero-order chi connectivity index (χ0) is 13.9. The van der Waals surface area contributed by atoms with Gasteiger partial charge in [0.1, 0.15) is 5.82 Å². The van der Waals surface area contributed by atoms with Gasteiger partial charge in [0.2, 0.25) is 0 Å². The fourth-order valence-electron chi connectivity index (χ4n) is 2.09. The molecule has 20 heavy (non-hydrogen) atoms. The first-order valence-corrected chi connectivity index (χ1v) is 6.78. The van der Waals surface area contributed by atoms with Crippen molar-refractivity contribution in [2.24, 2.45) is 0 Å². The summed E-state index contributed by atoms with van der Waals surface area (Å²) in [4.78, 5) is 13.3. The summed E-state index contributed by atoms with van der Waals surface area (Å²) >= 11 is 6.20. The maximum Gasteiger partial charge on any atom is 0.163 e. The van der Waals surface area contributed by atoms with E-state index in [-0.39, 0.29) is 0 Å². The summed E-state index contributed by atoms with van der Waals surface area (Å²) in [6.45, 7) is 2.84. The highest BCUT2D eigenvalue weighted by Crippen LogP contribution is 2.30. The van der Waals surface area contributed by atoms with E-state index < -0.39 is 0 Å². The summed E-state index contributed by atoms with van der Waals surface area (Å²) in [5.74, 6) is 1.44. The lowest BCUT2D eigenvalue weighted by Gasteiger charge is -2.08. The number of halogens is 1. The number of nitrogens with one attached hydrogen (secondary N) is 1. The van der Waals surface area contributed by atoms with Crippen LogP contribution >= 0.6 is 11.6 Å². The van der Waals surface area contributed by atoms with E-state index >= 15 is 0 Å². The fourth-order valence-corrected chi connectivity index (χ4v) is 2.30. The Labute approximate surface area is 121 Å². The molecule has 1 aromatic carbocycles. The van der Waals surface area contributed by atoms with Crippen LogP contribution in [-0.4, -0.2) is 21.5 Å². The fraction of sp³-hybridized carbons (Fsp3) is 0.133. The molecule has 3 rings (SSSR count). The van der Waals surface area contributed by atoms with Gasteiger partial charge in [-0.3, -0.25) is 4.98 Å². The maximum absolute atomic E-state index is 6.20. The minimum atomic E-state index is 0.642. The Kier molecular flexibility index (Phi) is 3.48. The van der Waals surface area contributed by atoms with E-state index in [0.29, 0.717) is 10.8 Å². The number of benzene rings is 1. The zero-order valence-corrected chi connectivity index (χ0v) is 11.7. The van der Waals surface area contributed by atoms with Gasteiger partial charge in [-0.1, -0.05) is 11.6 Å². The number of pyridine rings is 1. The average Bonchev–Trinajstić information content (AvgIpc) is 2.49. The Morgan fingerprint density at radius 3 is 2.85 bits per heavy atom. The lowest BCUT2D eigenvalue weighted by Crippen LogP contribution is -2.01. The van der Waals surface area contributed by atoms with E-state index in [4.69, 9.17) is 11.6 Å². The van der Waals surface area contributed by atoms with Crippen molar-refractivity contribution >= 4 is 28.3 Å². The Bertz CT molecular complexity index is 758. The van der Waals surface area contributed by atoms with Crippen LogP contribution in [0.3, 0.4) is 0 Å². The van der Waals surface area contributed by atoms with Gasteiger partial charge in [-0.05, 0) is 37.3 Å². The number of nitrogens with zero attached hydrogens (tertiary/aromatic N) is 3. The molecule has 0 unspecified atom stereocenters. The molecule has 0 atom stereocenters. The second kappa shape index (κ2) is 5.43. The summed E-state index contributed by atoms with van der Waals surface area (Å²) < 4.78 is 0. The highest BCUT2D eigenvalue weighted by Gasteiger charge is 2.10. The Hall–Kier alpha value is -2.20. The third-order valence-electron chi connectivity index (χ3n) is 2.97. The highest BCUT2D eigenvalue weighted by molar-refractivity contribution is 6.35. The SMILES string of the molecule is CCNc1ccnc(-c2ccc(Cl)c3cccnc23)n1. The molecule has 0 spiro atoms. The highest BCUT2D eigenvalue weighted by atomic mass is 35.5. The molecule has 0 bridgehead atoms. The van der Waals surface area contributed by atoms with Crippen LogP contribution in [0.15, 0.2) is 42.7 Å². The number of hydrogen-bond acceptors (Lipinski definition) is 4. The quantitative estimate of drug-likeness (QED) is 0.795. The summed E-state index contributed by atoms with van der Waals surface area (Å²) in [6.07, 6.45) is 3.49. The molecule has 100 valence electrons. The van der Waals surface area contributed by atoms with E-state index in [0.717, 1.165) is 28.8 Å². The maximum atomic E-state index is 6.20. The van der Waals surface area contributed by atoms with Gasteiger partial charge < -0.3 is 5.32 Å². The van der Waals surface area contributed by atoms with Crippen LogP contribution in [0.5, 0.6) is 0 Å². The largest absolute Gasteiger partial charge is 0.370 e. The van der Waals surface area contributed by atoms with E-state index in [1.54, 1.807) is 12.4 Å². The molecule has 0 saturated heterocycles. The van der Waals surface area contributed by atoms with E-state index in [9.17, 15) is 0 Å². The Morgan fingerprint density at radius 2 is 2.00 bits per heavy atom. The third-order valence-corrected chi connectivity index (χ3v) is 3.30. The Balaban J connectivity index is 2.19. The minimum Gasteiger partial charge on any atom is -0.370 e. The summed E-state index contributed by atoms with van der Waals surface area (Å²) in [5, 5.41) is 4.77. The lowest BCUT2D eigenvalue weighted by atomic mass is 10.1. The third kappa shape index (κ3) is 2.30. The van der Waals surface area contributed by atoms with Gasteiger partial charge >= 0.3 is 0 Å². The number of rotatable bonds is 3. The monoisotopic (exact) mass is 284 g/mol. The van der Waals surface area contributed by atoms with Gasteiger partial charge in [-0.25, -0.2) is 9.97 Å². The molecule has 3 aromatic rings. The normalized spacial score (nSPS) is 10.7. The average molecular weight is 285 g/mol. The van der Waals surface area contributed by atoms with Crippen LogP contribution in [0.1, 0.15) is 6.92 Å². The molecule has 4 nitrogen and oxygen atoms in total. The van der Waals surface area contributed by atoms with Crippen LogP contribution in [0.25, 0.3) is 22.3 Å². The van der Waals surface area contributed by atoms with Crippen LogP contribution in [-0.2, 0) is 0 Å². The van der Waals surface area contributed by atoms with Gasteiger partial charge in [0.25, 0.3) is 0 Å². The van der Waals surface area contributed by atoms with Gasteiger partial charge in [0, 0.05) is 29.9 Å². The molecular weight excluding hydrogens is 272 g/mol. The second-order valence-electron chi connectivity index (χ2n) is 4.29. The summed E-state index contributed by atoms with van der Waals surface area (Å²) in [7, 11) is 0. The van der Waals surface area contributed by atoms with Crippen molar-refractivity contribution in [2.45, 2.75) is 6.92 Å². The minimum absolute atomic E-state index is 0.642. The van der Waals surface area contributed by atoms with Gasteiger partial charge in [-0.15, -0.1) is 0 Å². The predicted molar refractivity (Wildman–Crippen MR) is 81.9 cm³/mol. The van der Waals surface area contributed by atoms with Crippen LogP contribution < -0.4 is 5.32 Å². The van der Waals surface area contributed by atoms with Gasteiger partial charge in [0.05, 0.1) is 10.5 Å². The summed E-state index contributed by atoms with van der Waals surface area (Å²) in [6, 6.07) is 9.42. The number of aromatic nitrogens is 3. The molecule has 0 saturated carbocycles. The van der Waals surface area contributed by atoms with Crippen LogP contribution in [0.2, 0.25) is 5.02 Å². The molecule has 2 aromatic heterocycles. The first-order chi connectivity index (χ1) is 9.79. The summed E-state index contributed by atoms with van der Waals surface area (Å²) in [5.41, 5.74) is 1.69. The zero-order valence-electron chi connectivity index (χ0n) is 11.0. The van der Waals surface area contributed by atoms with E-state index in [2.05, 4.69) is 20.3 Å². The molecular formula is C15H13ClN4. The van der Waals surface area contributed by atoms with E-state index in [1.807, 2.05) is 37.3 Å². The number of anilines is 1. The van der Waals surface area contributed by atoms with Crippen LogP contribution in [0.4, 0.5) is 5.82 Å². The first-order valence-electron chi connectivity index (χ1n) is 6.40. The predicted octanol–water partition coefficient (Wildman–Crippen LogP) is 3.78.